The van der Waals surface area contributed by atoms with Crippen molar-refractivity contribution in [2.75, 3.05) is 26.2 Å². The van der Waals surface area contributed by atoms with E-state index in [9.17, 15) is 10.1 Å². The number of nitriles is 1. The smallest absolute Gasteiger partial charge is 0.232 e. The number of H-pyrrole nitrogens is 1. The maximum Gasteiger partial charge on any atom is 0.232 e. The van der Waals surface area contributed by atoms with Crippen molar-refractivity contribution in [3.8, 4) is 17.5 Å². The van der Waals surface area contributed by atoms with E-state index in [0.717, 1.165) is 66.6 Å². The van der Waals surface area contributed by atoms with E-state index in [1.807, 2.05) is 12.4 Å². The third-order valence-corrected chi connectivity index (χ3v) is 11.4. The van der Waals surface area contributed by atoms with Gasteiger partial charge in [-0.1, -0.05) is 30.2 Å². The van der Waals surface area contributed by atoms with Gasteiger partial charge in [0, 0.05) is 67.4 Å². The number of aromatic nitrogens is 2. The molecule has 8 nitrogen and oxygen atoms in total. The second kappa shape index (κ2) is 13.3. The van der Waals surface area contributed by atoms with Crippen LogP contribution in [0.1, 0.15) is 92.5 Å². The highest BCUT2D eigenvalue weighted by molar-refractivity contribution is 5.95. The first kappa shape index (κ1) is 32.9. The Hall–Kier alpha value is -4.64. The number of carbonyl (C=O) groups is 1. The van der Waals surface area contributed by atoms with E-state index in [1.54, 1.807) is 0 Å². The number of piperidine rings is 2. The molecule has 2 bridgehead atoms. The molecule has 5 heterocycles. The van der Waals surface area contributed by atoms with Gasteiger partial charge in [0.2, 0.25) is 11.9 Å². The molecule has 49 heavy (non-hydrogen) atoms. The summed E-state index contributed by atoms with van der Waals surface area (Å²) in [6.07, 6.45) is 11.6. The van der Waals surface area contributed by atoms with Gasteiger partial charge in [0.15, 0.2) is 6.19 Å². The number of guanidine groups is 1. The van der Waals surface area contributed by atoms with Crippen molar-refractivity contribution in [2.24, 2.45) is 10.9 Å². The Balaban J connectivity index is 1.23. The van der Waals surface area contributed by atoms with Crippen LogP contribution in [0.4, 0.5) is 0 Å². The average Bonchev–Trinajstić information content (AvgIpc) is 3.76. The second-order valence-electron chi connectivity index (χ2n) is 15.3. The van der Waals surface area contributed by atoms with E-state index in [0.29, 0.717) is 30.4 Å². The average molecular weight is 656 g/mol. The van der Waals surface area contributed by atoms with Crippen LogP contribution < -0.4 is 5.32 Å². The molecule has 4 aliphatic rings. The molecule has 4 aromatic rings. The molecule has 1 saturated carbocycles. The van der Waals surface area contributed by atoms with Gasteiger partial charge in [-0.25, -0.2) is 0 Å². The Morgan fingerprint density at radius 2 is 1.78 bits per heavy atom. The summed E-state index contributed by atoms with van der Waals surface area (Å²) in [6, 6.07) is 17.8. The lowest BCUT2D eigenvalue weighted by molar-refractivity contribution is -0.144. The fraction of sp³-hybridized carbons (Fsp3) is 0.463. The number of benzene rings is 2. The highest BCUT2D eigenvalue weighted by Gasteiger charge is 2.42. The summed E-state index contributed by atoms with van der Waals surface area (Å²) in [4.78, 5) is 31.6. The lowest BCUT2D eigenvalue weighted by Crippen LogP contribution is -2.55. The molecule has 1 amide bonds. The highest BCUT2D eigenvalue weighted by atomic mass is 16.2. The summed E-state index contributed by atoms with van der Waals surface area (Å²) in [6.45, 7) is 13.7. The summed E-state index contributed by atoms with van der Waals surface area (Å²) in [5.74, 6) is 1.93. The predicted octanol–water partition coefficient (Wildman–Crippen LogP) is 7.55. The first-order valence-electron chi connectivity index (χ1n) is 18.0. The summed E-state index contributed by atoms with van der Waals surface area (Å²) in [5.41, 5.74) is 8.58. The molecular formula is C41H49N7O. The van der Waals surface area contributed by atoms with Gasteiger partial charge in [-0.15, -0.1) is 0 Å². The Labute approximate surface area is 290 Å². The molecule has 8 rings (SSSR count). The van der Waals surface area contributed by atoms with Crippen LogP contribution in [0.2, 0.25) is 0 Å². The quantitative estimate of drug-likeness (QED) is 0.0927. The van der Waals surface area contributed by atoms with Crippen molar-refractivity contribution in [2.45, 2.75) is 90.0 Å². The van der Waals surface area contributed by atoms with Crippen molar-refractivity contribution in [1.29, 1.82) is 5.26 Å². The third-order valence-electron chi connectivity index (χ3n) is 11.4. The first-order chi connectivity index (χ1) is 23.6. The molecule has 2 aromatic carbocycles. The second-order valence-corrected chi connectivity index (χ2v) is 15.3. The van der Waals surface area contributed by atoms with Crippen LogP contribution in [0.25, 0.3) is 22.2 Å². The topological polar surface area (TPSA) is 100 Å². The zero-order valence-corrected chi connectivity index (χ0v) is 29.6. The van der Waals surface area contributed by atoms with Crippen LogP contribution in [0.5, 0.6) is 0 Å². The Morgan fingerprint density at radius 3 is 2.45 bits per heavy atom. The van der Waals surface area contributed by atoms with E-state index in [1.165, 1.54) is 35.1 Å². The predicted molar refractivity (Wildman–Crippen MR) is 196 cm³/mol. The molecule has 1 unspecified atom stereocenters. The van der Waals surface area contributed by atoms with Gasteiger partial charge < -0.3 is 14.8 Å². The molecule has 2 aromatic heterocycles. The molecule has 8 heteroatoms. The molecule has 254 valence electrons. The van der Waals surface area contributed by atoms with Crippen molar-refractivity contribution in [3.63, 3.8) is 0 Å². The standard InChI is InChI=1S/C41H49N7O/c1-26-18-27(2)20-32(19-26)38-37(28(3)22-44-40(45-25-42)47-17-14-31(24-47)30-12-15-43-16-13-30)35-21-33(8-11-36(35)46-38)41(4,5)39(49)48-23-29-6-9-34(48)10-7-29/h8,11-13,15-16,18-21,28-29,31,34,46H,6-7,9-10,14,17,22-24H2,1-5H3,(H,44,45)/t28-,29?,31?,34?/m1/s1. The SMILES string of the molecule is Cc1cc(C)cc(-c2[nH]c3ccc(C(C)(C)C(=O)N4CC5CCC4CC5)cc3c2[C@H](C)CN=C(NC#N)N2CCC(c3ccncc3)C2)c1. The molecule has 2 N–H and O–H groups in total. The monoisotopic (exact) mass is 655 g/mol. The molecule has 2 atom stereocenters. The Bertz CT molecular complexity index is 1890. The fourth-order valence-electron chi connectivity index (χ4n) is 8.70. The molecule has 3 aliphatic heterocycles. The molecule has 1 aliphatic carbocycles. The number of nitrogens with zero attached hydrogens (tertiary/aromatic N) is 5. The Morgan fingerprint density at radius 1 is 1.04 bits per heavy atom. The normalized spacial score (nSPS) is 21.6. The van der Waals surface area contributed by atoms with E-state index in [-0.39, 0.29) is 11.8 Å². The van der Waals surface area contributed by atoms with Crippen LogP contribution in [0.3, 0.4) is 0 Å². The number of pyridine rings is 1. The van der Waals surface area contributed by atoms with Crippen LogP contribution in [-0.4, -0.2) is 63.9 Å². The molecular weight excluding hydrogens is 606 g/mol. The number of hydrogen-bond acceptors (Lipinski definition) is 4. The lowest BCUT2D eigenvalue weighted by atomic mass is 9.76. The maximum atomic E-state index is 14.2. The number of rotatable bonds is 7. The number of hydrogen-bond donors (Lipinski definition) is 2. The van der Waals surface area contributed by atoms with Crippen LogP contribution in [-0.2, 0) is 10.2 Å². The number of aryl methyl sites for hydroxylation is 2. The summed E-state index contributed by atoms with van der Waals surface area (Å²) < 4.78 is 0. The minimum absolute atomic E-state index is 0.0329. The van der Waals surface area contributed by atoms with Gasteiger partial charge >= 0.3 is 0 Å². The summed E-state index contributed by atoms with van der Waals surface area (Å²) >= 11 is 0. The fourth-order valence-corrected chi connectivity index (χ4v) is 8.70. The van der Waals surface area contributed by atoms with Crippen LogP contribution in [0.15, 0.2) is 65.9 Å². The van der Waals surface area contributed by atoms with Gasteiger partial charge in [-0.05, 0) is 124 Å². The number of fused-ring (bicyclic) bond motifs is 4. The van der Waals surface area contributed by atoms with Crippen LogP contribution in [0, 0.1) is 31.2 Å². The number of nitrogens with one attached hydrogen (secondary N) is 2. The van der Waals surface area contributed by atoms with E-state index < -0.39 is 5.41 Å². The molecule has 3 saturated heterocycles. The zero-order valence-electron chi connectivity index (χ0n) is 29.6. The van der Waals surface area contributed by atoms with Crippen molar-refractivity contribution >= 4 is 22.8 Å². The largest absolute Gasteiger partial charge is 0.354 e. The third kappa shape index (κ3) is 6.44. The van der Waals surface area contributed by atoms with Crippen molar-refractivity contribution in [1.82, 2.24) is 25.1 Å². The van der Waals surface area contributed by atoms with Gasteiger partial charge in [0.05, 0.1) is 11.1 Å². The van der Waals surface area contributed by atoms with Crippen LogP contribution >= 0.6 is 0 Å². The van der Waals surface area contributed by atoms with Gasteiger partial charge in [0.1, 0.15) is 0 Å². The number of amides is 1. The summed E-state index contributed by atoms with van der Waals surface area (Å²) in [5, 5.41) is 13.7. The van der Waals surface area contributed by atoms with E-state index >= 15 is 0 Å². The van der Waals surface area contributed by atoms with Gasteiger partial charge in [-0.3, -0.25) is 20.1 Å². The highest BCUT2D eigenvalue weighted by Crippen LogP contribution is 2.41. The van der Waals surface area contributed by atoms with Crippen molar-refractivity contribution < 1.29 is 4.79 Å². The zero-order chi connectivity index (χ0) is 34.3. The molecule has 4 fully saturated rings. The number of aromatic amines is 1. The lowest BCUT2D eigenvalue weighted by Gasteiger charge is -2.47. The summed E-state index contributed by atoms with van der Waals surface area (Å²) in [7, 11) is 0. The number of carbonyl (C=O) groups excluding carboxylic acids is 1. The number of aliphatic imine (C=N–C) groups is 1. The van der Waals surface area contributed by atoms with E-state index in [2.05, 4.69) is 114 Å². The Kier molecular flexibility index (Phi) is 8.96. The minimum Gasteiger partial charge on any atom is -0.354 e. The molecule has 0 radical (unpaired) electrons. The van der Waals surface area contributed by atoms with E-state index in [4.69, 9.17) is 4.99 Å². The minimum atomic E-state index is -0.646. The van der Waals surface area contributed by atoms with Gasteiger partial charge in [-0.2, -0.15) is 5.26 Å². The maximum absolute atomic E-state index is 14.2. The van der Waals surface area contributed by atoms with Gasteiger partial charge in [0.25, 0.3) is 0 Å². The first-order valence-corrected chi connectivity index (χ1v) is 18.0. The molecule has 0 spiro atoms. The number of likely N-dealkylation sites (tertiary alicyclic amines) is 1. The van der Waals surface area contributed by atoms with Crippen molar-refractivity contribution in [3.05, 3.63) is 88.7 Å².